The number of rotatable bonds is 5. The molecule has 0 aliphatic heterocycles. The largest absolute Gasteiger partial charge is 0.326 e. The first-order valence-corrected chi connectivity index (χ1v) is 7.96. The monoisotopic (exact) mass is 334 g/mol. The topological polar surface area (TPSA) is 117 Å². The van der Waals surface area contributed by atoms with Gasteiger partial charge < -0.3 is 5.32 Å². The van der Waals surface area contributed by atoms with Gasteiger partial charge in [-0.05, 0) is 36.4 Å². The minimum absolute atomic E-state index is 0.0540. The van der Waals surface area contributed by atoms with Crippen LogP contribution in [0.4, 0.5) is 5.69 Å². The number of sulfonamides is 1. The number of hydrogen-bond donors (Lipinski definition) is 3. The molecule has 0 fully saturated rings. The van der Waals surface area contributed by atoms with Crippen molar-refractivity contribution in [2.45, 2.75) is 11.8 Å². The molecular weight excluding hydrogens is 320 g/mol. The van der Waals surface area contributed by atoms with Gasteiger partial charge in [0.25, 0.3) is 15.9 Å². The van der Waals surface area contributed by atoms with E-state index in [1.807, 2.05) is 4.83 Å². The van der Waals surface area contributed by atoms with Gasteiger partial charge in [-0.1, -0.05) is 0 Å². The Balaban J connectivity index is 2.04. The summed E-state index contributed by atoms with van der Waals surface area (Å²) in [6.45, 7) is 1.35. The molecule has 0 aliphatic rings. The van der Waals surface area contributed by atoms with Crippen molar-refractivity contribution < 1.29 is 18.0 Å². The van der Waals surface area contributed by atoms with Gasteiger partial charge in [-0.2, -0.15) is 0 Å². The Bertz CT molecular complexity index is 804. The molecule has 23 heavy (non-hydrogen) atoms. The molecule has 2 rings (SSSR count). The van der Waals surface area contributed by atoms with Gasteiger partial charge in [0.1, 0.15) is 0 Å². The predicted octanol–water partition coefficient (Wildman–Crippen LogP) is 0.663. The van der Waals surface area contributed by atoms with Crippen molar-refractivity contribution >= 4 is 27.5 Å². The Morgan fingerprint density at radius 1 is 1.00 bits per heavy atom. The molecule has 3 N–H and O–H groups in total. The maximum absolute atomic E-state index is 12.1. The van der Waals surface area contributed by atoms with E-state index in [0.717, 1.165) is 0 Å². The van der Waals surface area contributed by atoms with Crippen LogP contribution in [0, 0.1) is 0 Å². The van der Waals surface area contributed by atoms with Crippen LogP contribution >= 0.6 is 0 Å². The van der Waals surface area contributed by atoms with E-state index in [1.165, 1.54) is 55.7 Å². The Kier molecular flexibility index (Phi) is 5.04. The highest BCUT2D eigenvalue weighted by Gasteiger charge is 2.15. The quantitative estimate of drug-likeness (QED) is 0.695. The zero-order valence-corrected chi connectivity index (χ0v) is 12.9. The molecule has 0 unspecified atom stereocenters. The number of anilines is 1. The minimum atomic E-state index is -3.92. The standard InChI is InChI=1S/C14H14N4O4S/c1-10(19)16-12-2-4-13(5-3-12)23(21,22)18-17-14(20)11-6-8-15-9-7-11/h2-9,18H,1H3,(H,16,19)(H,17,20). The van der Waals surface area contributed by atoms with E-state index < -0.39 is 15.9 Å². The van der Waals surface area contributed by atoms with Crippen LogP contribution in [0.1, 0.15) is 17.3 Å². The molecule has 0 saturated heterocycles. The van der Waals surface area contributed by atoms with E-state index >= 15 is 0 Å². The van der Waals surface area contributed by atoms with Crippen LogP contribution in [0.2, 0.25) is 0 Å². The number of aromatic nitrogens is 1. The van der Waals surface area contributed by atoms with Crippen LogP contribution in [0.3, 0.4) is 0 Å². The maximum Gasteiger partial charge on any atom is 0.266 e. The van der Waals surface area contributed by atoms with Crippen molar-refractivity contribution in [1.82, 2.24) is 15.2 Å². The summed E-state index contributed by atoms with van der Waals surface area (Å²) in [6.07, 6.45) is 2.84. The predicted molar refractivity (Wildman–Crippen MR) is 82.8 cm³/mol. The summed E-state index contributed by atoms with van der Waals surface area (Å²) in [5.74, 6) is -0.866. The number of hydrogen-bond acceptors (Lipinski definition) is 5. The van der Waals surface area contributed by atoms with Crippen molar-refractivity contribution in [3.05, 3.63) is 54.4 Å². The average Bonchev–Trinajstić information content (AvgIpc) is 2.53. The van der Waals surface area contributed by atoms with Gasteiger partial charge >= 0.3 is 0 Å². The number of pyridine rings is 1. The van der Waals surface area contributed by atoms with Crippen LogP contribution < -0.4 is 15.6 Å². The molecule has 8 nitrogen and oxygen atoms in total. The molecule has 0 spiro atoms. The summed E-state index contributed by atoms with van der Waals surface area (Å²) in [4.78, 5) is 28.4. The third kappa shape index (κ3) is 4.59. The zero-order chi connectivity index (χ0) is 16.9. The third-order valence-corrected chi connectivity index (χ3v) is 3.99. The molecule has 9 heteroatoms. The Morgan fingerprint density at radius 3 is 2.17 bits per heavy atom. The lowest BCUT2D eigenvalue weighted by molar-refractivity contribution is -0.114. The van der Waals surface area contributed by atoms with E-state index in [2.05, 4.69) is 15.7 Å². The van der Waals surface area contributed by atoms with Crippen LogP contribution in [0.15, 0.2) is 53.7 Å². The second-order valence-corrected chi connectivity index (χ2v) is 6.18. The number of benzene rings is 1. The van der Waals surface area contributed by atoms with Crippen LogP contribution in [-0.2, 0) is 14.8 Å². The smallest absolute Gasteiger partial charge is 0.266 e. The van der Waals surface area contributed by atoms with Crippen LogP contribution in [-0.4, -0.2) is 25.2 Å². The van der Waals surface area contributed by atoms with Gasteiger partial charge in [0.2, 0.25) is 5.91 Å². The van der Waals surface area contributed by atoms with Crippen molar-refractivity contribution in [3.8, 4) is 0 Å². The van der Waals surface area contributed by atoms with Gasteiger partial charge in [0, 0.05) is 30.6 Å². The third-order valence-electron chi connectivity index (χ3n) is 2.73. The Labute approximate surface area is 133 Å². The fraction of sp³-hybridized carbons (Fsp3) is 0.0714. The van der Waals surface area contributed by atoms with E-state index in [4.69, 9.17) is 0 Å². The summed E-state index contributed by atoms with van der Waals surface area (Å²) in [5.41, 5.74) is 2.85. The van der Waals surface area contributed by atoms with E-state index in [1.54, 1.807) is 0 Å². The first-order valence-electron chi connectivity index (χ1n) is 6.48. The maximum atomic E-state index is 12.1. The fourth-order valence-electron chi connectivity index (χ4n) is 1.67. The van der Waals surface area contributed by atoms with Crippen LogP contribution in [0.25, 0.3) is 0 Å². The second kappa shape index (κ2) is 6.99. The van der Waals surface area contributed by atoms with Gasteiger partial charge in [0.15, 0.2) is 0 Å². The highest BCUT2D eigenvalue weighted by atomic mass is 32.2. The summed E-state index contributed by atoms with van der Waals surface area (Å²) in [5, 5.41) is 2.53. The molecule has 0 aliphatic carbocycles. The number of nitrogens with one attached hydrogen (secondary N) is 3. The van der Waals surface area contributed by atoms with Crippen molar-refractivity contribution in [1.29, 1.82) is 0 Å². The lowest BCUT2D eigenvalue weighted by atomic mass is 10.3. The van der Waals surface area contributed by atoms with Gasteiger partial charge in [-0.15, -0.1) is 4.83 Å². The summed E-state index contributed by atoms with van der Waals surface area (Å²) >= 11 is 0. The number of carbonyl (C=O) groups excluding carboxylic acids is 2. The average molecular weight is 334 g/mol. The lowest BCUT2D eigenvalue weighted by Gasteiger charge is -2.09. The number of nitrogens with zero attached hydrogens (tertiary/aromatic N) is 1. The van der Waals surface area contributed by atoms with Gasteiger partial charge in [-0.25, -0.2) is 8.42 Å². The summed E-state index contributed by atoms with van der Waals surface area (Å²) < 4.78 is 24.2. The second-order valence-electron chi connectivity index (χ2n) is 4.50. The summed E-state index contributed by atoms with van der Waals surface area (Å²) in [7, 11) is -3.92. The normalized spacial score (nSPS) is 10.8. The lowest BCUT2D eigenvalue weighted by Crippen LogP contribution is -2.41. The van der Waals surface area contributed by atoms with Gasteiger partial charge in [-0.3, -0.25) is 20.0 Å². The van der Waals surface area contributed by atoms with E-state index in [9.17, 15) is 18.0 Å². The van der Waals surface area contributed by atoms with E-state index in [-0.39, 0.29) is 16.4 Å². The molecule has 2 aromatic rings. The highest BCUT2D eigenvalue weighted by Crippen LogP contribution is 2.13. The number of amides is 2. The number of carbonyl (C=O) groups is 2. The van der Waals surface area contributed by atoms with Crippen molar-refractivity contribution in [2.24, 2.45) is 0 Å². The Morgan fingerprint density at radius 2 is 1.61 bits per heavy atom. The zero-order valence-electron chi connectivity index (χ0n) is 12.1. The molecule has 2 amide bonds. The van der Waals surface area contributed by atoms with Crippen molar-refractivity contribution in [3.63, 3.8) is 0 Å². The van der Waals surface area contributed by atoms with Crippen molar-refractivity contribution in [2.75, 3.05) is 5.32 Å². The molecule has 0 radical (unpaired) electrons. The molecule has 120 valence electrons. The molecule has 1 aromatic heterocycles. The molecule has 0 bridgehead atoms. The number of hydrazine groups is 1. The molecule has 1 heterocycles. The first-order chi connectivity index (χ1) is 10.9. The minimum Gasteiger partial charge on any atom is -0.326 e. The summed E-state index contributed by atoms with van der Waals surface area (Å²) in [6, 6.07) is 8.41. The highest BCUT2D eigenvalue weighted by molar-refractivity contribution is 7.89. The van der Waals surface area contributed by atoms with Crippen LogP contribution in [0.5, 0.6) is 0 Å². The Hall–Kier alpha value is -2.78. The van der Waals surface area contributed by atoms with Gasteiger partial charge in [0.05, 0.1) is 4.90 Å². The molecule has 0 atom stereocenters. The molecule has 0 saturated carbocycles. The van der Waals surface area contributed by atoms with E-state index in [0.29, 0.717) is 5.69 Å². The molecular formula is C14H14N4O4S. The first kappa shape index (κ1) is 16.6. The molecule has 1 aromatic carbocycles. The SMILES string of the molecule is CC(=O)Nc1ccc(S(=O)(=O)NNC(=O)c2ccncc2)cc1. The fourth-order valence-corrected chi connectivity index (χ4v) is 2.51.